The molecule has 2 atom stereocenters. The van der Waals surface area contributed by atoms with E-state index in [4.69, 9.17) is 4.74 Å². The third kappa shape index (κ3) is 2.86. The van der Waals surface area contributed by atoms with Gasteiger partial charge in [-0.15, -0.1) is 0 Å². The van der Waals surface area contributed by atoms with E-state index in [2.05, 4.69) is 40.5 Å². The van der Waals surface area contributed by atoms with Crippen molar-refractivity contribution >= 4 is 0 Å². The summed E-state index contributed by atoms with van der Waals surface area (Å²) in [5.74, 6) is 0. The zero-order chi connectivity index (χ0) is 11.5. The van der Waals surface area contributed by atoms with Crippen LogP contribution in [0.4, 0.5) is 0 Å². The molecule has 17 heavy (non-hydrogen) atoms. The number of nitrogens with one attached hydrogen (secondary N) is 1. The smallest absolute Gasteiger partial charge is 0.0831 e. The average Bonchev–Trinajstić information content (AvgIpc) is 2.37. The fourth-order valence-electron chi connectivity index (χ4n) is 2.75. The lowest BCUT2D eigenvalue weighted by molar-refractivity contribution is -0.102. The lowest BCUT2D eigenvalue weighted by Crippen LogP contribution is -2.58. The normalized spacial score (nSPS) is 29.2. The van der Waals surface area contributed by atoms with Crippen molar-refractivity contribution in [2.45, 2.75) is 18.6 Å². The first-order valence-corrected chi connectivity index (χ1v) is 6.52. The van der Waals surface area contributed by atoms with E-state index in [1.165, 1.54) is 5.56 Å². The zero-order valence-electron chi connectivity index (χ0n) is 10.1. The highest BCUT2D eigenvalue weighted by molar-refractivity contribution is 5.14. The quantitative estimate of drug-likeness (QED) is 0.838. The molecule has 0 unspecified atom stereocenters. The Morgan fingerprint density at radius 2 is 1.82 bits per heavy atom. The maximum absolute atomic E-state index is 5.90. The molecule has 0 amide bonds. The first-order chi connectivity index (χ1) is 8.40. The molecule has 2 bridgehead atoms. The average molecular weight is 232 g/mol. The fourth-order valence-corrected chi connectivity index (χ4v) is 2.75. The summed E-state index contributed by atoms with van der Waals surface area (Å²) in [6.45, 7) is 5.34. The van der Waals surface area contributed by atoms with Crippen molar-refractivity contribution < 1.29 is 4.74 Å². The molecule has 1 aromatic carbocycles. The fraction of sp³-hybridized carbons (Fsp3) is 0.571. The Kier molecular flexibility index (Phi) is 3.41. The van der Waals surface area contributed by atoms with Gasteiger partial charge in [0.1, 0.15) is 0 Å². The molecule has 3 heteroatoms. The summed E-state index contributed by atoms with van der Waals surface area (Å²) >= 11 is 0. The second-order valence-electron chi connectivity index (χ2n) is 5.03. The van der Waals surface area contributed by atoms with E-state index < -0.39 is 0 Å². The summed E-state index contributed by atoms with van der Waals surface area (Å²) in [4.78, 5) is 2.55. The number of hydrogen-bond donors (Lipinski definition) is 1. The summed E-state index contributed by atoms with van der Waals surface area (Å²) < 4.78 is 5.90. The Hall–Kier alpha value is -0.900. The second kappa shape index (κ2) is 5.17. The monoisotopic (exact) mass is 232 g/mol. The Balaban J connectivity index is 1.52. The third-order valence-corrected chi connectivity index (χ3v) is 3.61. The standard InChI is InChI=1S/C14H20N2O/c1-2-4-12(5-3-1)6-7-16-10-13-8-15-9-14(11-16)17-13/h1-5,13-15H,6-11H2/t13-,14+. The van der Waals surface area contributed by atoms with E-state index in [1.807, 2.05) is 0 Å². The molecule has 3 rings (SSSR count). The minimum atomic E-state index is 0.401. The number of ether oxygens (including phenoxy) is 1. The van der Waals surface area contributed by atoms with Gasteiger partial charge in [0.2, 0.25) is 0 Å². The predicted molar refractivity (Wildman–Crippen MR) is 68.1 cm³/mol. The minimum Gasteiger partial charge on any atom is -0.370 e. The van der Waals surface area contributed by atoms with Crippen LogP contribution < -0.4 is 5.32 Å². The Labute approximate surface area is 103 Å². The van der Waals surface area contributed by atoms with Gasteiger partial charge >= 0.3 is 0 Å². The van der Waals surface area contributed by atoms with Crippen LogP contribution >= 0.6 is 0 Å². The van der Waals surface area contributed by atoms with Crippen molar-refractivity contribution in [3.05, 3.63) is 35.9 Å². The van der Waals surface area contributed by atoms with Gasteiger partial charge in [0.15, 0.2) is 0 Å². The number of nitrogens with zero attached hydrogens (tertiary/aromatic N) is 1. The van der Waals surface area contributed by atoms with Crippen molar-refractivity contribution in [3.63, 3.8) is 0 Å². The van der Waals surface area contributed by atoms with Crippen LogP contribution in [0.3, 0.4) is 0 Å². The van der Waals surface area contributed by atoms with Gasteiger partial charge in [0, 0.05) is 32.7 Å². The van der Waals surface area contributed by atoms with Gasteiger partial charge < -0.3 is 10.1 Å². The van der Waals surface area contributed by atoms with E-state index in [9.17, 15) is 0 Å². The Bertz CT molecular complexity index is 342. The molecule has 0 spiro atoms. The maximum atomic E-state index is 5.90. The van der Waals surface area contributed by atoms with E-state index in [1.54, 1.807) is 0 Å². The van der Waals surface area contributed by atoms with Crippen LogP contribution in [0.15, 0.2) is 30.3 Å². The second-order valence-corrected chi connectivity index (χ2v) is 5.03. The van der Waals surface area contributed by atoms with E-state index in [0.717, 1.165) is 39.1 Å². The number of hydrogen-bond acceptors (Lipinski definition) is 3. The van der Waals surface area contributed by atoms with Gasteiger partial charge in [-0.05, 0) is 12.0 Å². The highest BCUT2D eigenvalue weighted by Gasteiger charge is 2.30. The highest BCUT2D eigenvalue weighted by atomic mass is 16.5. The molecule has 3 nitrogen and oxygen atoms in total. The number of rotatable bonds is 3. The van der Waals surface area contributed by atoms with Crippen LogP contribution in [-0.2, 0) is 11.2 Å². The first kappa shape index (κ1) is 11.2. The molecule has 92 valence electrons. The first-order valence-electron chi connectivity index (χ1n) is 6.52. The zero-order valence-corrected chi connectivity index (χ0v) is 10.1. The molecule has 2 saturated heterocycles. The molecule has 0 saturated carbocycles. The number of morpholine rings is 2. The summed E-state index contributed by atoms with van der Waals surface area (Å²) in [5, 5.41) is 3.43. The van der Waals surface area contributed by atoms with Crippen LogP contribution in [0.1, 0.15) is 5.56 Å². The van der Waals surface area contributed by atoms with Gasteiger partial charge in [0.05, 0.1) is 12.2 Å². The van der Waals surface area contributed by atoms with Crippen LogP contribution in [0.5, 0.6) is 0 Å². The molecule has 1 N–H and O–H groups in total. The van der Waals surface area contributed by atoms with Crippen LogP contribution in [0.2, 0.25) is 0 Å². The van der Waals surface area contributed by atoms with Crippen molar-refractivity contribution in [1.82, 2.24) is 10.2 Å². The van der Waals surface area contributed by atoms with Gasteiger partial charge in [-0.1, -0.05) is 30.3 Å². The summed E-state index contributed by atoms with van der Waals surface area (Å²) in [6, 6.07) is 10.7. The number of fused-ring (bicyclic) bond motifs is 2. The molecule has 2 aliphatic heterocycles. The van der Waals surface area contributed by atoms with Gasteiger partial charge in [-0.3, -0.25) is 4.90 Å². The third-order valence-electron chi connectivity index (χ3n) is 3.61. The van der Waals surface area contributed by atoms with E-state index in [0.29, 0.717) is 12.2 Å². The van der Waals surface area contributed by atoms with Crippen LogP contribution in [0.25, 0.3) is 0 Å². The van der Waals surface area contributed by atoms with Crippen LogP contribution in [0, 0.1) is 0 Å². The molecular weight excluding hydrogens is 212 g/mol. The lowest BCUT2D eigenvalue weighted by Gasteiger charge is -2.41. The van der Waals surface area contributed by atoms with Gasteiger partial charge in [0.25, 0.3) is 0 Å². The van der Waals surface area contributed by atoms with Crippen molar-refractivity contribution in [1.29, 1.82) is 0 Å². The molecule has 2 aliphatic rings. The molecule has 2 heterocycles. The molecule has 0 aromatic heterocycles. The Morgan fingerprint density at radius 1 is 1.12 bits per heavy atom. The van der Waals surface area contributed by atoms with E-state index in [-0.39, 0.29) is 0 Å². The van der Waals surface area contributed by atoms with Crippen molar-refractivity contribution in [2.24, 2.45) is 0 Å². The molecule has 1 aromatic rings. The topological polar surface area (TPSA) is 24.5 Å². The minimum absolute atomic E-state index is 0.401. The lowest BCUT2D eigenvalue weighted by atomic mass is 10.1. The van der Waals surface area contributed by atoms with Crippen molar-refractivity contribution in [2.75, 3.05) is 32.7 Å². The maximum Gasteiger partial charge on any atom is 0.0831 e. The van der Waals surface area contributed by atoms with E-state index >= 15 is 0 Å². The molecule has 2 fully saturated rings. The van der Waals surface area contributed by atoms with Gasteiger partial charge in [-0.2, -0.15) is 0 Å². The largest absolute Gasteiger partial charge is 0.370 e. The molecular formula is C14H20N2O. The Morgan fingerprint density at radius 3 is 2.53 bits per heavy atom. The summed E-state index contributed by atoms with van der Waals surface area (Å²) in [6.07, 6.45) is 1.95. The highest BCUT2D eigenvalue weighted by Crippen LogP contribution is 2.14. The molecule has 0 radical (unpaired) electrons. The SMILES string of the molecule is c1ccc(CCN2C[C@H]3CNC[C@@H](C2)O3)cc1. The summed E-state index contributed by atoms with van der Waals surface area (Å²) in [5.41, 5.74) is 1.43. The van der Waals surface area contributed by atoms with Crippen molar-refractivity contribution in [3.8, 4) is 0 Å². The molecule has 0 aliphatic carbocycles. The predicted octanol–water partition coefficient (Wildman–Crippen LogP) is 0.902. The number of benzene rings is 1. The summed E-state index contributed by atoms with van der Waals surface area (Å²) in [7, 11) is 0. The van der Waals surface area contributed by atoms with Gasteiger partial charge in [-0.25, -0.2) is 0 Å². The van der Waals surface area contributed by atoms with Crippen LogP contribution in [-0.4, -0.2) is 49.8 Å².